The molecule has 0 fully saturated rings. The summed E-state index contributed by atoms with van der Waals surface area (Å²) in [5.74, 6) is 0. The Balaban J connectivity index is -0.0000000178. The zero-order valence-electron chi connectivity index (χ0n) is 7.07. The molecule has 0 heterocycles. The molecule has 0 unspecified atom stereocenters. The van der Waals surface area contributed by atoms with Gasteiger partial charge in [0.15, 0.2) is 0 Å². The van der Waals surface area contributed by atoms with Crippen LogP contribution in [-0.4, -0.2) is 16.6 Å². The van der Waals surface area contributed by atoms with E-state index < -0.39 is 27.2 Å². The Hall–Kier alpha value is -0.0551. The third-order valence-electron chi connectivity index (χ3n) is 0. The summed E-state index contributed by atoms with van der Waals surface area (Å²) in [5, 5.41) is 0. The summed E-state index contributed by atoms with van der Waals surface area (Å²) in [7, 11) is 0. The summed E-state index contributed by atoms with van der Waals surface area (Å²) < 4.78 is 63.8. The Bertz CT molecular complexity index is 216. The topological polar surface area (TPSA) is 289 Å². The van der Waals surface area contributed by atoms with Crippen LogP contribution in [0.5, 0.6) is 0 Å². The van der Waals surface area contributed by atoms with E-state index in [4.69, 9.17) is 31.8 Å². The Morgan fingerprint density at radius 1 is 0.500 bits per heavy atom. The minimum absolute atomic E-state index is 0. The minimum atomic E-state index is -5.25. The van der Waals surface area contributed by atoms with Crippen LogP contribution in [0.2, 0.25) is 0 Å². The van der Waals surface area contributed by atoms with Crippen LogP contribution in [0.25, 0.3) is 0 Å². The van der Waals surface area contributed by atoms with Crippen molar-refractivity contribution in [3.8, 4) is 0 Å². The summed E-state index contributed by atoms with van der Waals surface area (Å²) in [6, 6.07) is 0. The van der Waals surface area contributed by atoms with Crippen LogP contribution in [0.3, 0.4) is 0 Å². The van der Waals surface area contributed by atoms with Crippen molar-refractivity contribution in [2.24, 2.45) is 0 Å². The summed E-state index contributed by atoms with van der Waals surface area (Å²) in [6.45, 7) is 0. The number of rotatable bonds is 0. The monoisotopic (exact) mass is 304 g/mol. The van der Waals surface area contributed by atoms with E-state index in [-0.39, 0.29) is 24.6 Å². The molecule has 0 aliphatic rings. The van der Waals surface area contributed by atoms with Crippen molar-refractivity contribution < 1.29 is 59.1 Å². The van der Waals surface area contributed by atoms with Gasteiger partial charge in [0, 0.05) is 0 Å². The van der Waals surface area contributed by atoms with Crippen LogP contribution in [0.4, 0.5) is 0 Å². The van der Waals surface area contributed by atoms with Gasteiger partial charge in [0.2, 0.25) is 0 Å². The molecule has 0 bridgehead atoms. The van der Waals surface area contributed by atoms with Crippen molar-refractivity contribution in [1.82, 2.24) is 24.6 Å². The van der Waals surface area contributed by atoms with E-state index >= 15 is 0 Å². The summed E-state index contributed by atoms with van der Waals surface area (Å²) in [6.07, 6.45) is 0. The molecule has 0 rings (SSSR count). The molecule has 0 saturated heterocycles. The van der Waals surface area contributed by atoms with Crippen LogP contribution < -0.4 is 24.6 Å². The van der Waals surface area contributed by atoms with Gasteiger partial charge in [-0.25, -0.2) is 0 Å². The van der Waals surface area contributed by atoms with Gasteiger partial charge >= 0.3 is 59.1 Å². The normalized spacial score (nSPS) is 8.29. The molecule has 14 heavy (non-hydrogen) atoms. The van der Waals surface area contributed by atoms with Crippen molar-refractivity contribution in [2.75, 3.05) is 0 Å². The fourth-order valence-corrected chi connectivity index (χ4v) is 0. The SMILES string of the molecule is N.N.N.N.[O]=[Cr](=[O])([OH])[OH].[O]=[Cr](=[O])([OH])[OH]. The van der Waals surface area contributed by atoms with Crippen LogP contribution in [-0.2, 0) is 42.4 Å². The van der Waals surface area contributed by atoms with E-state index in [0.717, 1.165) is 0 Å². The first-order valence-electron chi connectivity index (χ1n) is 1.40. The third-order valence-corrected chi connectivity index (χ3v) is 0. The quantitative estimate of drug-likeness (QED) is 0.239. The zero-order valence-corrected chi connectivity index (χ0v) is 9.62. The fourth-order valence-electron chi connectivity index (χ4n) is 0. The van der Waals surface area contributed by atoms with Crippen molar-refractivity contribution in [1.29, 1.82) is 0 Å². The van der Waals surface area contributed by atoms with Crippen molar-refractivity contribution in [3.05, 3.63) is 0 Å². The number of hydrogen-bond donors (Lipinski definition) is 8. The molecule has 0 aromatic rings. The van der Waals surface area contributed by atoms with Gasteiger partial charge in [-0.2, -0.15) is 0 Å². The second-order valence-corrected chi connectivity index (χ2v) is 3.69. The molecule has 0 aromatic heterocycles. The Morgan fingerprint density at radius 2 is 0.500 bits per heavy atom. The molecule has 0 aliphatic heterocycles. The molecule has 0 aliphatic carbocycles. The second kappa shape index (κ2) is 12.9. The fraction of sp³-hybridized carbons (Fsp3) is 0. The van der Waals surface area contributed by atoms with Gasteiger partial charge in [0.25, 0.3) is 0 Å². The van der Waals surface area contributed by atoms with Crippen molar-refractivity contribution in [2.45, 2.75) is 0 Å². The molecule has 14 heteroatoms. The predicted octanol–water partition coefficient (Wildman–Crippen LogP) is -2.06. The molecular weight excluding hydrogens is 288 g/mol. The first-order chi connectivity index (χ1) is 4.00. The van der Waals surface area contributed by atoms with E-state index in [1.54, 1.807) is 0 Å². The Kier molecular flexibility index (Phi) is 34.2. The van der Waals surface area contributed by atoms with E-state index in [1.807, 2.05) is 0 Å². The Labute approximate surface area is 84.0 Å². The van der Waals surface area contributed by atoms with Gasteiger partial charge in [0.1, 0.15) is 0 Å². The van der Waals surface area contributed by atoms with Crippen LogP contribution in [0.1, 0.15) is 0 Å². The van der Waals surface area contributed by atoms with E-state index in [1.165, 1.54) is 0 Å². The van der Waals surface area contributed by atoms with E-state index in [2.05, 4.69) is 0 Å². The summed E-state index contributed by atoms with van der Waals surface area (Å²) >= 11 is -10.5. The van der Waals surface area contributed by atoms with Gasteiger partial charge in [-0.1, -0.05) is 0 Å². The molecule has 0 atom stereocenters. The van der Waals surface area contributed by atoms with Crippen molar-refractivity contribution >= 4 is 0 Å². The van der Waals surface area contributed by atoms with Gasteiger partial charge in [-0.15, -0.1) is 0 Å². The van der Waals surface area contributed by atoms with Crippen molar-refractivity contribution in [3.63, 3.8) is 0 Å². The zero-order chi connectivity index (χ0) is 9.00. The second-order valence-electron chi connectivity index (χ2n) is 0.896. The van der Waals surface area contributed by atoms with E-state index in [9.17, 15) is 0 Å². The molecule has 12 nitrogen and oxygen atoms in total. The van der Waals surface area contributed by atoms with Gasteiger partial charge < -0.3 is 24.6 Å². The van der Waals surface area contributed by atoms with E-state index in [0.29, 0.717) is 0 Å². The molecular formula is H16Cr2N4O8. The molecule has 0 radical (unpaired) electrons. The molecule has 0 spiro atoms. The van der Waals surface area contributed by atoms with Crippen LogP contribution in [0, 0.1) is 0 Å². The van der Waals surface area contributed by atoms with Gasteiger partial charge in [0.05, 0.1) is 0 Å². The maximum atomic E-state index is 8.82. The average molecular weight is 304 g/mol. The molecule has 0 aromatic carbocycles. The maximum absolute atomic E-state index is 8.82. The van der Waals surface area contributed by atoms with Crippen LogP contribution in [0.15, 0.2) is 0 Å². The summed E-state index contributed by atoms with van der Waals surface area (Å²) in [4.78, 5) is 0. The average Bonchev–Trinajstić information content (AvgIpc) is 1.12. The molecule has 0 saturated carbocycles. The number of hydrogen-bond acceptors (Lipinski definition) is 8. The first-order valence-corrected chi connectivity index (χ1v) is 5.76. The first kappa shape index (κ1) is 37.0. The van der Waals surface area contributed by atoms with Gasteiger partial charge in [-0.3, -0.25) is 0 Å². The Morgan fingerprint density at radius 3 is 0.500 bits per heavy atom. The predicted molar refractivity (Wildman–Crippen MR) is 31.7 cm³/mol. The molecule has 0 amide bonds. The molecule has 16 N–H and O–H groups in total. The molecule has 96 valence electrons. The summed E-state index contributed by atoms with van der Waals surface area (Å²) in [5.41, 5.74) is 0. The third kappa shape index (κ3) is 472000. The van der Waals surface area contributed by atoms with Crippen LogP contribution >= 0.6 is 0 Å². The van der Waals surface area contributed by atoms with Gasteiger partial charge in [-0.05, 0) is 0 Å². The standard InChI is InChI=1S/2Cr.4H3N.4H2O.4O/h;;4*1H3;4*1H2;;;;/q2*+2;;;;;;;;;;;;/p-4.